The molecule has 1 heterocycles. The van der Waals surface area contributed by atoms with Gasteiger partial charge in [-0.1, -0.05) is 15.9 Å². The van der Waals surface area contributed by atoms with Gasteiger partial charge in [0.1, 0.15) is 0 Å². The monoisotopic (exact) mass is 328 g/mol. The van der Waals surface area contributed by atoms with Crippen molar-refractivity contribution in [3.63, 3.8) is 0 Å². The average Bonchev–Trinajstić information content (AvgIpc) is 2.32. The van der Waals surface area contributed by atoms with E-state index in [0.717, 1.165) is 4.47 Å². The molecule has 18 heavy (non-hydrogen) atoms. The lowest BCUT2D eigenvalue weighted by molar-refractivity contribution is -0.122. The maximum Gasteiger partial charge on any atom is 0.252 e. The lowest BCUT2D eigenvalue weighted by Gasteiger charge is -2.23. The Bertz CT molecular complexity index is 483. The van der Waals surface area contributed by atoms with Gasteiger partial charge in [-0.3, -0.25) is 9.59 Å². The van der Waals surface area contributed by atoms with Gasteiger partial charge in [0.25, 0.3) is 5.91 Å². The number of amides is 2. The topological polar surface area (TPSA) is 58.2 Å². The summed E-state index contributed by atoms with van der Waals surface area (Å²) in [5.74, 6) is -0.118. The van der Waals surface area contributed by atoms with Crippen molar-refractivity contribution in [3.05, 3.63) is 28.2 Å². The first kappa shape index (κ1) is 13.4. The van der Waals surface area contributed by atoms with Gasteiger partial charge in [0.05, 0.1) is 5.56 Å². The van der Waals surface area contributed by atoms with E-state index in [9.17, 15) is 9.59 Å². The van der Waals surface area contributed by atoms with Crippen LogP contribution in [0.4, 0.5) is 0 Å². The highest BCUT2D eigenvalue weighted by Gasteiger charge is 2.20. The molecular weight excluding hydrogens is 316 g/mol. The molecule has 1 aliphatic heterocycles. The Morgan fingerprint density at radius 1 is 1.50 bits per heavy atom. The van der Waals surface area contributed by atoms with Crippen molar-refractivity contribution >= 4 is 40.4 Å². The lowest BCUT2D eigenvalue weighted by Crippen LogP contribution is -2.47. The number of nitrogens with one attached hydrogen (secondary N) is 2. The van der Waals surface area contributed by atoms with Crippen LogP contribution in [0.1, 0.15) is 23.2 Å². The van der Waals surface area contributed by atoms with Crippen LogP contribution in [-0.4, -0.2) is 24.4 Å². The summed E-state index contributed by atoms with van der Waals surface area (Å²) in [6.07, 6.45) is 1.13. The third-order valence-electron chi connectivity index (χ3n) is 2.81. The van der Waals surface area contributed by atoms with Crippen molar-refractivity contribution < 1.29 is 9.59 Å². The number of hydrogen-bond acceptors (Lipinski definition) is 3. The third-order valence-corrected chi connectivity index (χ3v) is 3.67. The number of rotatable bonds is 2. The second kappa shape index (κ2) is 5.75. The lowest BCUT2D eigenvalue weighted by atomic mass is 10.1. The molecule has 1 saturated heterocycles. The first-order chi connectivity index (χ1) is 8.56. The molecule has 1 unspecified atom stereocenters. The molecule has 1 atom stereocenters. The maximum atomic E-state index is 12.0. The fourth-order valence-electron chi connectivity index (χ4n) is 1.82. The number of thiol groups is 1. The van der Waals surface area contributed by atoms with Crippen LogP contribution < -0.4 is 10.6 Å². The molecule has 1 fully saturated rings. The Morgan fingerprint density at radius 3 is 2.89 bits per heavy atom. The smallest absolute Gasteiger partial charge is 0.252 e. The van der Waals surface area contributed by atoms with Gasteiger partial charge in [-0.25, -0.2) is 0 Å². The number of halogens is 1. The van der Waals surface area contributed by atoms with Gasteiger partial charge in [-0.15, -0.1) is 12.6 Å². The quantitative estimate of drug-likeness (QED) is 0.724. The molecule has 2 amide bonds. The second-order valence-electron chi connectivity index (χ2n) is 4.17. The Balaban J connectivity index is 2.01. The normalized spacial score (nSPS) is 19.2. The molecule has 0 bridgehead atoms. The molecule has 6 heteroatoms. The zero-order chi connectivity index (χ0) is 13.1. The van der Waals surface area contributed by atoms with Crippen molar-refractivity contribution in [1.29, 1.82) is 0 Å². The standard InChI is InChI=1S/C12H13BrN2O2S/c13-7-1-3-9(10(18)5-7)12(17)15-8-2-4-11(16)14-6-8/h1,3,5,8,18H,2,4,6H2,(H,14,16)(H,15,17). The molecule has 96 valence electrons. The fourth-order valence-corrected chi connectivity index (χ4v) is 2.67. The third kappa shape index (κ3) is 3.26. The van der Waals surface area contributed by atoms with Gasteiger partial charge in [0.15, 0.2) is 0 Å². The highest BCUT2D eigenvalue weighted by atomic mass is 79.9. The Kier molecular flexibility index (Phi) is 4.29. The molecule has 0 saturated carbocycles. The van der Waals surface area contributed by atoms with E-state index in [1.54, 1.807) is 18.2 Å². The van der Waals surface area contributed by atoms with Crippen LogP contribution in [0.5, 0.6) is 0 Å². The van der Waals surface area contributed by atoms with Gasteiger partial charge >= 0.3 is 0 Å². The maximum absolute atomic E-state index is 12.0. The zero-order valence-corrected chi connectivity index (χ0v) is 12.1. The van der Waals surface area contributed by atoms with Crippen LogP contribution in [0.3, 0.4) is 0 Å². The van der Waals surface area contributed by atoms with Crippen LogP contribution in [-0.2, 0) is 4.79 Å². The molecular formula is C12H13BrN2O2S. The predicted molar refractivity (Wildman–Crippen MR) is 74.9 cm³/mol. The van der Waals surface area contributed by atoms with Crippen molar-refractivity contribution in [2.24, 2.45) is 0 Å². The highest BCUT2D eigenvalue weighted by molar-refractivity contribution is 9.10. The van der Waals surface area contributed by atoms with Gasteiger partial charge < -0.3 is 10.6 Å². The van der Waals surface area contributed by atoms with E-state index >= 15 is 0 Å². The highest BCUT2D eigenvalue weighted by Crippen LogP contribution is 2.20. The Hall–Kier alpha value is -1.01. The van der Waals surface area contributed by atoms with E-state index in [0.29, 0.717) is 29.8 Å². The summed E-state index contributed by atoms with van der Waals surface area (Å²) < 4.78 is 0.883. The molecule has 0 spiro atoms. The molecule has 2 N–H and O–H groups in total. The van der Waals surface area contributed by atoms with Gasteiger partial charge in [-0.05, 0) is 24.6 Å². The Labute approximate surface area is 119 Å². The molecule has 1 aliphatic rings. The first-order valence-electron chi connectivity index (χ1n) is 5.62. The molecule has 0 aromatic heterocycles. The second-order valence-corrected chi connectivity index (χ2v) is 5.57. The van der Waals surface area contributed by atoms with Gasteiger partial charge in [-0.2, -0.15) is 0 Å². The zero-order valence-electron chi connectivity index (χ0n) is 9.57. The van der Waals surface area contributed by atoms with Crippen LogP contribution >= 0.6 is 28.6 Å². The molecule has 0 aliphatic carbocycles. The number of hydrogen-bond donors (Lipinski definition) is 3. The molecule has 0 radical (unpaired) electrons. The molecule has 2 rings (SSSR count). The molecule has 1 aromatic rings. The van der Waals surface area contributed by atoms with E-state index in [4.69, 9.17) is 0 Å². The summed E-state index contributed by atoms with van der Waals surface area (Å²) in [4.78, 5) is 23.7. The summed E-state index contributed by atoms with van der Waals surface area (Å²) in [6, 6.07) is 5.30. The largest absolute Gasteiger partial charge is 0.354 e. The number of benzene rings is 1. The SMILES string of the molecule is O=C1CCC(NC(=O)c2ccc(Br)cc2S)CN1. The summed E-state index contributed by atoms with van der Waals surface area (Å²) in [7, 11) is 0. The van der Waals surface area contributed by atoms with E-state index in [1.165, 1.54) is 0 Å². The van der Waals surface area contributed by atoms with Crippen molar-refractivity contribution in [1.82, 2.24) is 10.6 Å². The summed E-state index contributed by atoms with van der Waals surface area (Å²) in [5, 5.41) is 5.63. The van der Waals surface area contributed by atoms with Crippen molar-refractivity contribution in [2.75, 3.05) is 6.54 Å². The average molecular weight is 329 g/mol. The van der Waals surface area contributed by atoms with E-state index < -0.39 is 0 Å². The minimum Gasteiger partial charge on any atom is -0.354 e. The van der Waals surface area contributed by atoms with Gasteiger partial charge in [0.2, 0.25) is 5.91 Å². The van der Waals surface area contributed by atoms with E-state index in [-0.39, 0.29) is 17.9 Å². The van der Waals surface area contributed by atoms with Crippen LogP contribution in [0.15, 0.2) is 27.6 Å². The number of carbonyl (C=O) groups is 2. The van der Waals surface area contributed by atoms with Crippen LogP contribution in [0.25, 0.3) is 0 Å². The summed E-state index contributed by atoms with van der Waals surface area (Å²) >= 11 is 7.60. The van der Waals surface area contributed by atoms with Crippen molar-refractivity contribution in [3.8, 4) is 0 Å². The van der Waals surface area contributed by atoms with E-state index in [2.05, 4.69) is 39.2 Å². The van der Waals surface area contributed by atoms with Crippen LogP contribution in [0, 0.1) is 0 Å². The minimum absolute atomic E-state index is 0.00780. The number of piperidine rings is 1. The first-order valence-corrected chi connectivity index (χ1v) is 6.86. The number of carbonyl (C=O) groups excluding carboxylic acids is 2. The fraction of sp³-hybridized carbons (Fsp3) is 0.333. The molecule has 1 aromatic carbocycles. The van der Waals surface area contributed by atoms with Gasteiger partial charge in [0, 0.05) is 28.4 Å². The van der Waals surface area contributed by atoms with Crippen LogP contribution in [0.2, 0.25) is 0 Å². The Morgan fingerprint density at radius 2 is 2.28 bits per heavy atom. The molecule has 4 nitrogen and oxygen atoms in total. The summed E-state index contributed by atoms with van der Waals surface area (Å²) in [6.45, 7) is 0.489. The summed E-state index contributed by atoms with van der Waals surface area (Å²) in [5.41, 5.74) is 0.540. The van der Waals surface area contributed by atoms with Crippen molar-refractivity contribution in [2.45, 2.75) is 23.8 Å². The van der Waals surface area contributed by atoms with E-state index in [1.807, 2.05) is 0 Å². The predicted octanol–water partition coefficient (Wildman–Crippen LogP) is 1.75. The minimum atomic E-state index is -0.159.